The molecular formula is C22H27N5O3. The lowest BCUT2D eigenvalue weighted by atomic mass is 10.1. The van der Waals surface area contributed by atoms with Gasteiger partial charge >= 0.3 is 5.69 Å². The van der Waals surface area contributed by atoms with Crippen LogP contribution in [-0.4, -0.2) is 25.0 Å². The predicted molar refractivity (Wildman–Crippen MR) is 118 cm³/mol. The van der Waals surface area contributed by atoms with Crippen molar-refractivity contribution in [2.45, 2.75) is 53.1 Å². The molecule has 1 aromatic carbocycles. The van der Waals surface area contributed by atoms with Crippen molar-refractivity contribution in [3.05, 3.63) is 68.6 Å². The van der Waals surface area contributed by atoms with Crippen LogP contribution in [0.15, 0.2) is 46.0 Å². The van der Waals surface area contributed by atoms with Crippen LogP contribution in [0, 0.1) is 0 Å². The molecule has 1 amide bonds. The van der Waals surface area contributed by atoms with Gasteiger partial charge in [0.15, 0.2) is 5.65 Å². The number of H-pyrrole nitrogens is 1. The lowest BCUT2D eigenvalue weighted by Crippen LogP contribution is -2.40. The fraction of sp³-hybridized carbons (Fsp3) is 0.364. The first-order chi connectivity index (χ1) is 14.4. The Morgan fingerprint density at radius 2 is 1.93 bits per heavy atom. The second-order valence-electron chi connectivity index (χ2n) is 7.21. The number of aromatic amines is 1. The van der Waals surface area contributed by atoms with Crippen LogP contribution < -0.4 is 16.6 Å². The quantitative estimate of drug-likeness (QED) is 0.559. The predicted octanol–water partition coefficient (Wildman–Crippen LogP) is 2.81. The van der Waals surface area contributed by atoms with E-state index in [0.29, 0.717) is 30.0 Å². The Kier molecular flexibility index (Phi) is 6.66. The largest absolute Gasteiger partial charge is 0.336 e. The van der Waals surface area contributed by atoms with Gasteiger partial charge < -0.3 is 10.3 Å². The van der Waals surface area contributed by atoms with Gasteiger partial charge in [-0.15, -0.1) is 0 Å². The summed E-state index contributed by atoms with van der Waals surface area (Å²) in [6.45, 7) is 6.11. The van der Waals surface area contributed by atoms with Gasteiger partial charge in [-0.05, 0) is 31.0 Å². The zero-order valence-electron chi connectivity index (χ0n) is 17.6. The molecule has 3 rings (SSSR count). The van der Waals surface area contributed by atoms with Crippen molar-refractivity contribution in [3.63, 3.8) is 0 Å². The maximum Gasteiger partial charge on any atom is 0.333 e. The Morgan fingerprint density at radius 1 is 1.20 bits per heavy atom. The second-order valence-corrected chi connectivity index (χ2v) is 7.21. The van der Waals surface area contributed by atoms with Crippen molar-refractivity contribution in [2.75, 3.05) is 5.32 Å². The van der Waals surface area contributed by atoms with Crippen molar-refractivity contribution < 1.29 is 4.79 Å². The van der Waals surface area contributed by atoms with Gasteiger partial charge in [0, 0.05) is 32.1 Å². The Hall–Kier alpha value is -3.42. The molecule has 0 radical (unpaired) electrons. The third-order valence-corrected chi connectivity index (χ3v) is 4.82. The topological polar surface area (TPSA) is 102 Å². The summed E-state index contributed by atoms with van der Waals surface area (Å²) in [5, 5.41) is 2.73. The van der Waals surface area contributed by atoms with Crippen molar-refractivity contribution in [1.82, 2.24) is 19.1 Å². The minimum absolute atomic E-state index is 0.126. The van der Waals surface area contributed by atoms with Crippen LogP contribution in [0.4, 0.5) is 5.69 Å². The molecule has 0 atom stereocenters. The molecule has 0 aliphatic heterocycles. The molecule has 0 bridgehead atoms. The standard InChI is InChI=1S/C22H27N5O3/c1-4-6-12-26-20-19(21(29)27(22(26)30)13-7-5-2)24-18(25-20)14-16-8-10-17(11-9-16)23-15(3)28/h5,7-11H,4,6,12-14H2,1-3H3,(H,23,28)(H,24,25). The molecule has 0 spiro atoms. The van der Waals surface area contributed by atoms with E-state index < -0.39 is 0 Å². The number of carbonyl (C=O) groups is 1. The average molecular weight is 409 g/mol. The lowest BCUT2D eigenvalue weighted by molar-refractivity contribution is -0.114. The summed E-state index contributed by atoms with van der Waals surface area (Å²) in [7, 11) is 0. The van der Waals surface area contributed by atoms with E-state index in [-0.39, 0.29) is 23.7 Å². The van der Waals surface area contributed by atoms with Crippen LogP contribution >= 0.6 is 0 Å². The summed E-state index contributed by atoms with van der Waals surface area (Å²) < 4.78 is 2.83. The van der Waals surface area contributed by atoms with Crippen molar-refractivity contribution in [2.24, 2.45) is 0 Å². The van der Waals surface area contributed by atoms with E-state index in [1.807, 2.05) is 37.3 Å². The number of hydrogen-bond donors (Lipinski definition) is 2. The van der Waals surface area contributed by atoms with E-state index in [2.05, 4.69) is 22.2 Å². The number of aryl methyl sites for hydroxylation is 1. The van der Waals surface area contributed by atoms with E-state index in [1.54, 1.807) is 10.6 Å². The number of aromatic nitrogens is 4. The summed E-state index contributed by atoms with van der Waals surface area (Å²) in [4.78, 5) is 44.7. The van der Waals surface area contributed by atoms with Gasteiger partial charge in [0.05, 0.1) is 0 Å². The molecule has 158 valence electrons. The molecule has 30 heavy (non-hydrogen) atoms. The minimum Gasteiger partial charge on any atom is -0.336 e. The first kappa shape index (κ1) is 21.3. The van der Waals surface area contributed by atoms with Gasteiger partial charge in [-0.2, -0.15) is 0 Å². The number of fused-ring (bicyclic) bond motifs is 1. The average Bonchev–Trinajstić information content (AvgIpc) is 3.13. The first-order valence-corrected chi connectivity index (χ1v) is 10.1. The third-order valence-electron chi connectivity index (χ3n) is 4.82. The number of benzene rings is 1. The highest BCUT2D eigenvalue weighted by molar-refractivity contribution is 5.88. The zero-order chi connectivity index (χ0) is 21.7. The molecule has 2 heterocycles. The molecule has 0 saturated heterocycles. The van der Waals surface area contributed by atoms with E-state index in [9.17, 15) is 14.4 Å². The number of anilines is 1. The molecule has 8 nitrogen and oxygen atoms in total. The number of unbranched alkanes of at least 4 members (excludes halogenated alkanes) is 1. The highest BCUT2D eigenvalue weighted by atomic mass is 16.2. The Morgan fingerprint density at radius 3 is 2.57 bits per heavy atom. The van der Waals surface area contributed by atoms with Gasteiger partial charge in [-0.25, -0.2) is 9.78 Å². The number of imidazole rings is 1. The van der Waals surface area contributed by atoms with Gasteiger partial charge in [-0.3, -0.25) is 18.7 Å². The number of allylic oxidation sites excluding steroid dienone is 2. The molecule has 0 saturated carbocycles. The normalized spacial score (nSPS) is 11.4. The van der Waals surface area contributed by atoms with Gasteiger partial charge in [0.25, 0.3) is 5.56 Å². The maximum absolute atomic E-state index is 12.9. The van der Waals surface area contributed by atoms with Gasteiger partial charge in [0.2, 0.25) is 5.91 Å². The number of nitrogens with zero attached hydrogens (tertiary/aromatic N) is 3. The van der Waals surface area contributed by atoms with E-state index >= 15 is 0 Å². The fourth-order valence-corrected chi connectivity index (χ4v) is 3.29. The summed E-state index contributed by atoms with van der Waals surface area (Å²) in [5.74, 6) is 0.488. The second kappa shape index (κ2) is 9.39. The van der Waals surface area contributed by atoms with Crippen LogP contribution in [0.3, 0.4) is 0 Å². The van der Waals surface area contributed by atoms with Gasteiger partial charge in [0.1, 0.15) is 11.3 Å². The molecule has 3 aromatic rings. The molecule has 8 heteroatoms. The highest BCUT2D eigenvalue weighted by Gasteiger charge is 2.17. The summed E-state index contributed by atoms with van der Waals surface area (Å²) >= 11 is 0. The van der Waals surface area contributed by atoms with Crippen LogP contribution in [0.25, 0.3) is 11.2 Å². The summed E-state index contributed by atoms with van der Waals surface area (Å²) in [6.07, 6.45) is 5.83. The number of amides is 1. The van der Waals surface area contributed by atoms with Crippen LogP contribution in [0.1, 0.15) is 45.0 Å². The summed E-state index contributed by atoms with van der Waals surface area (Å²) in [6, 6.07) is 7.43. The Balaban J connectivity index is 2.01. The maximum atomic E-state index is 12.9. The van der Waals surface area contributed by atoms with E-state index in [0.717, 1.165) is 24.1 Å². The Labute approximate surface area is 174 Å². The minimum atomic E-state index is -0.361. The molecular weight excluding hydrogens is 382 g/mol. The van der Waals surface area contributed by atoms with Crippen LogP contribution in [0.2, 0.25) is 0 Å². The smallest absolute Gasteiger partial charge is 0.333 e. The van der Waals surface area contributed by atoms with Crippen molar-refractivity contribution in [3.8, 4) is 0 Å². The first-order valence-electron chi connectivity index (χ1n) is 10.1. The molecule has 0 unspecified atom stereocenters. The zero-order valence-corrected chi connectivity index (χ0v) is 17.6. The third kappa shape index (κ3) is 4.59. The lowest BCUT2D eigenvalue weighted by Gasteiger charge is -2.09. The van der Waals surface area contributed by atoms with Crippen molar-refractivity contribution >= 4 is 22.8 Å². The molecule has 0 fully saturated rings. The van der Waals surface area contributed by atoms with E-state index in [1.165, 1.54) is 11.5 Å². The number of rotatable bonds is 8. The summed E-state index contributed by atoms with van der Waals surface area (Å²) in [5.41, 5.74) is 1.74. The number of nitrogens with one attached hydrogen (secondary N) is 2. The van der Waals surface area contributed by atoms with E-state index in [4.69, 9.17) is 0 Å². The fourth-order valence-electron chi connectivity index (χ4n) is 3.29. The molecule has 0 aliphatic carbocycles. The van der Waals surface area contributed by atoms with Gasteiger partial charge in [-0.1, -0.05) is 37.6 Å². The van der Waals surface area contributed by atoms with Crippen LogP contribution in [0.5, 0.6) is 0 Å². The highest BCUT2D eigenvalue weighted by Crippen LogP contribution is 2.14. The van der Waals surface area contributed by atoms with Crippen molar-refractivity contribution in [1.29, 1.82) is 0 Å². The molecule has 2 aromatic heterocycles. The monoisotopic (exact) mass is 409 g/mol. The number of carbonyl (C=O) groups excluding carboxylic acids is 1. The molecule has 0 aliphatic rings. The SMILES string of the molecule is CC=CCn1c(=O)c2[nH]c(Cc3ccc(NC(C)=O)cc3)nc2n(CCCC)c1=O. The van der Waals surface area contributed by atoms with Crippen LogP contribution in [-0.2, 0) is 24.3 Å². The number of hydrogen-bond acceptors (Lipinski definition) is 4. The Bertz CT molecular complexity index is 1180. The molecule has 2 N–H and O–H groups in total.